The van der Waals surface area contributed by atoms with Gasteiger partial charge in [-0.3, -0.25) is 10.6 Å². The summed E-state index contributed by atoms with van der Waals surface area (Å²) < 4.78 is -0.989. The molecule has 2 aliphatic rings. The molecule has 17 heavy (non-hydrogen) atoms. The quantitative estimate of drug-likeness (QED) is 0.323. The van der Waals surface area contributed by atoms with Gasteiger partial charge in [0.15, 0.2) is 0 Å². The SMILES string of the molecule is N=C(N)C1(Br)SC=C(CC2CCCCC2)N1O. The lowest BCUT2D eigenvalue weighted by atomic mass is 9.86. The molecule has 0 radical (unpaired) electrons. The molecule has 1 fully saturated rings. The molecule has 1 heterocycles. The number of nitrogens with one attached hydrogen (secondary N) is 1. The standard InChI is InChI=1S/C11H18BrN3OS/c12-11(10(13)14)15(16)9(7-17-11)6-8-4-2-1-3-5-8/h7-8,16H,1-6H2,(H3,13,14). The van der Waals surface area contributed by atoms with Gasteiger partial charge in [0.1, 0.15) is 5.84 Å². The van der Waals surface area contributed by atoms with E-state index < -0.39 is 3.78 Å². The first-order valence-corrected chi connectivity index (χ1v) is 7.60. The maximum absolute atomic E-state index is 10.1. The van der Waals surface area contributed by atoms with Crippen LogP contribution in [-0.4, -0.2) is 19.9 Å². The summed E-state index contributed by atoms with van der Waals surface area (Å²) in [4.78, 5) is 0. The van der Waals surface area contributed by atoms with E-state index in [4.69, 9.17) is 11.1 Å². The van der Waals surface area contributed by atoms with E-state index in [1.807, 2.05) is 5.41 Å². The number of hydroxylamine groups is 2. The van der Waals surface area contributed by atoms with Crippen LogP contribution in [0.4, 0.5) is 0 Å². The highest BCUT2D eigenvalue weighted by Crippen LogP contribution is 2.46. The number of nitrogens with two attached hydrogens (primary N) is 1. The smallest absolute Gasteiger partial charge is 0.226 e. The Morgan fingerprint density at radius 3 is 2.76 bits per heavy atom. The summed E-state index contributed by atoms with van der Waals surface area (Å²) >= 11 is 4.66. The van der Waals surface area contributed by atoms with Gasteiger partial charge < -0.3 is 5.73 Å². The van der Waals surface area contributed by atoms with Crippen LogP contribution in [0.5, 0.6) is 0 Å². The number of halogens is 1. The summed E-state index contributed by atoms with van der Waals surface area (Å²) in [6.07, 6.45) is 7.29. The van der Waals surface area contributed by atoms with Crippen molar-refractivity contribution in [3.63, 3.8) is 0 Å². The number of alkyl halides is 1. The molecule has 4 nitrogen and oxygen atoms in total. The van der Waals surface area contributed by atoms with Gasteiger partial charge in [0.2, 0.25) is 3.78 Å². The number of hydrogen-bond donors (Lipinski definition) is 3. The Bertz CT molecular complexity index is 344. The first kappa shape index (κ1) is 13.2. The number of allylic oxidation sites excluding steroid dienone is 1. The zero-order valence-electron chi connectivity index (χ0n) is 9.66. The Kier molecular flexibility index (Phi) is 4.05. The van der Waals surface area contributed by atoms with Crippen molar-refractivity contribution in [1.82, 2.24) is 5.06 Å². The second kappa shape index (κ2) is 5.20. The summed E-state index contributed by atoms with van der Waals surface area (Å²) in [5, 5.41) is 20.6. The second-order valence-corrected chi connectivity index (χ2v) is 7.46. The molecule has 1 saturated carbocycles. The van der Waals surface area contributed by atoms with Crippen LogP contribution in [0.15, 0.2) is 11.1 Å². The van der Waals surface area contributed by atoms with Crippen molar-refractivity contribution >= 4 is 33.5 Å². The molecular formula is C11H18BrN3OS. The summed E-state index contributed by atoms with van der Waals surface area (Å²) in [6, 6.07) is 0. The first-order valence-electron chi connectivity index (χ1n) is 5.93. The number of thioether (sulfide) groups is 1. The molecule has 0 aromatic heterocycles. The molecule has 1 aliphatic carbocycles. The van der Waals surface area contributed by atoms with Gasteiger partial charge in [0.25, 0.3) is 0 Å². The number of rotatable bonds is 3. The fourth-order valence-corrected chi connectivity index (χ4v) is 3.77. The molecule has 96 valence electrons. The van der Waals surface area contributed by atoms with E-state index in [0.717, 1.165) is 17.2 Å². The van der Waals surface area contributed by atoms with Gasteiger partial charge in [0, 0.05) is 0 Å². The molecule has 0 bridgehead atoms. The van der Waals surface area contributed by atoms with Crippen LogP contribution >= 0.6 is 27.7 Å². The third kappa shape index (κ3) is 2.63. The van der Waals surface area contributed by atoms with Gasteiger partial charge in [-0.15, -0.1) is 0 Å². The van der Waals surface area contributed by atoms with Gasteiger partial charge in [-0.2, -0.15) is 0 Å². The monoisotopic (exact) mass is 319 g/mol. The highest BCUT2D eigenvalue weighted by atomic mass is 79.9. The molecule has 0 saturated heterocycles. The fraction of sp³-hybridized carbons (Fsp3) is 0.727. The Balaban J connectivity index is 1.97. The summed E-state index contributed by atoms with van der Waals surface area (Å²) in [6.45, 7) is 0. The van der Waals surface area contributed by atoms with Gasteiger partial charge in [-0.25, -0.2) is 5.06 Å². The van der Waals surface area contributed by atoms with Crippen molar-refractivity contribution < 1.29 is 5.21 Å². The topological polar surface area (TPSA) is 73.3 Å². The average Bonchev–Trinajstić information content (AvgIpc) is 2.60. The third-order valence-corrected chi connectivity index (χ3v) is 5.87. The zero-order valence-corrected chi connectivity index (χ0v) is 12.1. The predicted octanol–water partition coefficient (Wildman–Crippen LogP) is 3.22. The van der Waals surface area contributed by atoms with Gasteiger partial charge in [0.05, 0.1) is 5.70 Å². The van der Waals surface area contributed by atoms with Crippen molar-refractivity contribution in [2.75, 3.05) is 0 Å². The minimum absolute atomic E-state index is 0.0834. The van der Waals surface area contributed by atoms with Gasteiger partial charge in [-0.05, 0) is 33.7 Å². The second-order valence-electron chi connectivity index (χ2n) is 4.72. The van der Waals surface area contributed by atoms with E-state index in [0.29, 0.717) is 5.92 Å². The lowest BCUT2D eigenvalue weighted by Crippen LogP contribution is -2.45. The Hall–Kier alpha value is -0.200. The average molecular weight is 320 g/mol. The highest BCUT2D eigenvalue weighted by Gasteiger charge is 2.43. The molecule has 1 aliphatic heterocycles. The van der Waals surface area contributed by atoms with E-state index in [1.54, 1.807) is 0 Å². The highest BCUT2D eigenvalue weighted by molar-refractivity contribution is 9.12. The van der Waals surface area contributed by atoms with E-state index in [-0.39, 0.29) is 5.84 Å². The van der Waals surface area contributed by atoms with E-state index in [2.05, 4.69) is 15.9 Å². The molecular weight excluding hydrogens is 302 g/mol. The van der Waals surface area contributed by atoms with Crippen molar-refractivity contribution in [3.05, 3.63) is 11.1 Å². The molecule has 1 atom stereocenters. The number of nitrogens with zero attached hydrogens (tertiary/aromatic N) is 1. The minimum Gasteiger partial charge on any atom is -0.384 e. The Morgan fingerprint density at radius 2 is 2.24 bits per heavy atom. The molecule has 4 N–H and O–H groups in total. The maximum atomic E-state index is 10.1. The molecule has 1 unspecified atom stereocenters. The van der Waals surface area contributed by atoms with Crippen LogP contribution in [-0.2, 0) is 0 Å². The largest absolute Gasteiger partial charge is 0.384 e. The van der Waals surface area contributed by atoms with Gasteiger partial charge >= 0.3 is 0 Å². The van der Waals surface area contributed by atoms with Crippen molar-refractivity contribution in [2.24, 2.45) is 11.7 Å². The van der Waals surface area contributed by atoms with Crippen molar-refractivity contribution in [1.29, 1.82) is 5.41 Å². The number of amidine groups is 1. The van der Waals surface area contributed by atoms with E-state index >= 15 is 0 Å². The van der Waals surface area contributed by atoms with E-state index in [1.165, 1.54) is 43.9 Å². The normalized spacial score (nSPS) is 30.5. The lowest BCUT2D eigenvalue weighted by Gasteiger charge is -2.31. The summed E-state index contributed by atoms with van der Waals surface area (Å²) in [7, 11) is 0. The molecule has 2 rings (SSSR count). The summed E-state index contributed by atoms with van der Waals surface area (Å²) in [5.41, 5.74) is 6.37. The van der Waals surface area contributed by atoms with Crippen LogP contribution in [0.2, 0.25) is 0 Å². The zero-order chi connectivity index (χ0) is 12.5. The molecule has 0 amide bonds. The van der Waals surface area contributed by atoms with Crippen LogP contribution in [0, 0.1) is 11.3 Å². The Morgan fingerprint density at radius 1 is 1.59 bits per heavy atom. The lowest BCUT2D eigenvalue weighted by molar-refractivity contribution is -0.0598. The van der Waals surface area contributed by atoms with Crippen LogP contribution < -0.4 is 5.73 Å². The van der Waals surface area contributed by atoms with E-state index in [9.17, 15) is 5.21 Å². The Labute approximate surface area is 114 Å². The molecule has 6 heteroatoms. The predicted molar refractivity (Wildman–Crippen MR) is 74.1 cm³/mol. The number of hydrogen-bond acceptors (Lipinski definition) is 4. The third-order valence-electron chi connectivity index (χ3n) is 3.45. The summed E-state index contributed by atoms with van der Waals surface area (Å²) in [5.74, 6) is 0.576. The van der Waals surface area contributed by atoms with Gasteiger partial charge in [-0.1, -0.05) is 43.9 Å². The van der Waals surface area contributed by atoms with Crippen LogP contribution in [0.1, 0.15) is 38.5 Å². The fourth-order valence-electron chi connectivity index (χ4n) is 2.43. The van der Waals surface area contributed by atoms with Crippen molar-refractivity contribution in [3.8, 4) is 0 Å². The van der Waals surface area contributed by atoms with Crippen molar-refractivity contribution in [2.45, 2.75) is 42.3 Å². The minimum atomic E-state index is -0.989. The van der Waals surface area contributed by atoms with Crippen LogP contribution in [0.25, 0.3) is 0 Å². The molecule has 0 spiro atoms. The molecule has 0 aromatic carbocycles. The van der Waals surface area contributed by atoms with Crippen LogP contribution in [0.3, 0.4) is 0 Å². The maximum Gasteiger partial charge on any atom is 0.226 e. The first-order chi connectivity index (χ1) is 8.04. The molecule has 0 aromatic rings.